The van der Waals surface area contributed by atoms with E-state index in [1.54, 1.807) is 29.9 Å². The molecule has 0 aliphatic rings. The lowest BCUT2D eigenvalue weighted by atomic mass is 10.0. The summed E-state index contributed by atoms with van der Waals surface area (Å²) in [7, 11) is 0. The van der Waals surface area contributed by atoms with Gasteiger partial charge in [0.15, 0.2) is 5.65 Å². The third-order valence-corrected chi connectivity index (χ3v) is 3.72. The van der Waals surface area contributed by atoms with Crippen LogP contribution in [0.15, 0.2) is 36.7 Å². The number of esters is 1. The molecule has 0 saturated carbocycles. The Morgan fingerprint density at radius 3 is 2.74 bits per heavy atom. The van der Waals surface area contributed by atoms with Crippen molar-refractivity contribution in [1.82, 2.24) is 14.6 Å². The van der Waals surface area contributed by atoms with Crippen LogP contribution in [-0.4, -0.2) is 20.6 Å². The van der Waals surface area contributed by atoms with Crippen molar-refractivity contribution in [3.63, 3.8) is 0 Å². The summed E-state index contributed by atoms with van der Waals surface area (Å²) in [6.45, 7) is 7.99. The number of aromatic nitrogens is 3. The second-order valence-electron chi connectivity index (χ2n) is 5.97. The van der Waals surface area contributed by atoms with E-state index in [9.17, 15) is 4.79 Å². The Balaban J connectivity index is 1.97. The second kappa shape index (κ2) is 5.83. The smallest absolute Gasteiger partial charge is 0.349 e. The molecule has 0 bridgehead atoms. The lowest BCUT2D eigenvalue weighted by Crippen LogP contribution is -2.10. The van der Waals surface area contributed by atoms with Gasteiger partial charge in [-0.2, -0.15) is 5.10 Å². The number of nitrogens with zero attached hydrogens (tertiary/aromatic N) is 3. The summed E-state index contributed by atoms with van der Waals surface area (Å²) in [5.74, 6) is 0.484. The van der Waals surface area contributed by atoms with Gasteiger partial charge in [0.05, 0.1) is 5.69 Å². The van der Waals surface area contributed by atoms with Gasteiger partial charge >= 0.3 is 5.97 Å². The fraction of sp³-hybridized carbons (Fsp3) is 0.278. The summed E-state index contributed by atoms with van der Waals surface area (Å²) < 4.78 is 7.17. The molecule has 5 nitrogen and oxygen atoms in total. The highest BCUT2D eigenvalue weighted by atomic mass is 16.5. The summed E-state index contributed by atoms with van der Waals surface area (Å²) in [6.07, 6.45) is 3.40. The molecular weight excluding hydrogens is 290 g/mol. The van der Waals surface area contributed by atoms with Crippen LogP contribution >= 0.6 is 0 Å². The van der Waals surface area contributed by atoms with E-state index in [-0.39, 0.29) is 0 Å². The Kier molecular flexibility index (Phi) is 3.86. The van der Waals surface area contributed by atoms with Crippen LogP contribution in [0, 0.1) is 13.8 Å². The fourth-order valence-electron chi connectivity index (χ4n) is 2.56. The SMILES string of the molecule is Cc1cc(OC(=O)c2c(C)nn3cccnc23)cc(C(C)C)c1. The van der Waals surface area contributed by atoms with E-state index in [4.69, 9.17) is 4.74 Å². The molecule has 0 amide bonds. The highest BCUT2D eigenvalue weighted by Gasteiger charge is 2.20. The minimum atomic E-state index is -0.434. The molecule has 2 heterocycles. The Hall–Kier alpha value is -2.69. The normalized spacial score (nSPS) is 11.2. The molecular formula is C18H19N3O2. The summed E-state index contributed by atoms with van der Waals surface area (Å²) >= 11 is 0. The lowest BCUT2D eigenvalue weighted by molar-refractivity contribution is 0.0735. The van der Waals surface area contributed by atoms with Crippen molar-refractivity contribution in [1.29, 1.82) is 0 Å². The van der Waals surface area contributed by atoms with Gasteiger partial charge < -0.3 is 4.74 Å². The largest absolute Gasteiger partial charge is 0.423 e. The van der Waals surface area contributed by atoms with E-state index >= 15 is 0 Å². The van der Waals surface area contributed by atoms with Crippen LogP contribution in [0.1, 0.15) is 46.9 Å². The molecule has 3 rings (SSSR count). The van der Waals surface area contributed by atoms with Crippen molar-refractivity contribution in [3.8, 4) is 5.75 Å². The molecule has 0 unspecified atom stereocenters. The van der Waals surface area contributed by atoms with E-state index in [0.717, 1.165) is 11.1 Å². The highest BCUT2D eigenvalue weighted by Crippen LogP contribution is 2.24. The number of carbonyl (C=O) groups is 1. The van der Waals surface area contributed by atoms with Crippen LogP contribution in [0.4, 0.5) is 0 Å². The Morgan fingerprint density at radius 2 is 2.00 bits per heavy atom. The number of aryl methyl sites for hydroxylation is 2. The lowest BCUT2D eigenvalue weighted by Gasteiger charge is -2.10. The summed E-state index contributed by atoms with van der Waals surface area (Å²) in [6, 6.07) is 7.64. The molecule has 0 aliphatic heterocycles. The van der Waals surface area contributed by atoms with Crippen molar-refractivity contribution in [2.24, 2.45) is 0 Å². The summed E-state index contributed by atoms with van der Waals surface area (Å²) in [5, 5.41) is 4.29. The number of ether oxygens (including phenoxy) is 1. The fourth-order valence-corrected chi connectivity index (χ4v) is 2.56. The minimum Gasteiger partial charge on any atom is -0.423 e. The van der Waals surface area contributed by atoms with Crippen LogP contribution < -0.4 is 4.74 Å². The molecule has 0 fully saturated rings. The third kappa shape index (κ3) is 2.95. The van der Waals surface area contributed by atoms with Gasteiger partial charge in [-0.3, -0.25) is 0 Å². The zero-order chi connectivity index (χ0) is 16.6. The van der Waals surface area contributed by atoms with Gasteiger partial charge in [-0.05, 0) is 49.1 Å². The van der Waals surface area contributed by atoms with Crippen LogP contribution in [0.3, 0.4) is 0 Å². The molecule has 1 aromatic carbocycles. The van der Waals surface area contributed by atoms with Crippen molar-refractivity contribution in [3.05, 3.63) is 59.0 Å². The van der Waals surface area contributed by atoms with E-state index in [1.807, 2.05) is 19.1 Å². The second-order valence-corrected chi connectivity index (χ2v) is 5.97. The first-order valence-corrected chi connectivity index (χ1v) is 7.59. The molecule has 23 heavy (non-hydrogen) atoms. The Morgan fingerprint density at radius 1 is 1.22 bits per heavy atom. The van der Waals surface area contributed by atoms with Gasteiger partial charge in [0.2, 0.25) is 0 Å². The highest BCUT2D eigenvalue weighted by molar-refractivity contribution is 5.98. The van der Waals surface area contributed by atoms with Crippen molar-refractivity contribution < 1.29 is 9.53 Å². The topological polar surface area (TPSA) is 56.5 Å². The summed E-state index contributed by atoms with van der Waals surface area (Å²) in [4.78, 5) is 16.8. The molecule has 118 valence electrons. The number of benzene rings is 1. The molecule has 3 aromatic rings. The van der Waals surface area contributed by atoms with Crippen molar-refractivity contribution >= 4 is 11.6 Å². The molecule has 0 spiro atoms. The maximum Gasteiger partial charge on any atom is 0.349 e. The quantitative estimate of drug-likeness (QED) is 0.547. The van der Waals surface area contributed by atoms with Crippen LogP contribution in [0.25, 0.3) is 5.65 Å². The average molecular weight is 309 g/mol. The van der Waals surface area contributed by atoms with Crippen molar-refractivity contribution in [2.75, 3.05) is 0 Å². The Labute approximate surface area is 134 Å². The van der Waals surface area contributed by atoms with Crippen LogP contribution in [-0.2, 0) is 0 Å². The molecule has 2 aromatic heterocycles. The van der Waals surface area contributed by atoms with Gasteiger partial charge in [0, 0.05) is 12.4 Å². The van der Waals surface area contributed by atoms with Gasteiger partial charge in [-0.1, -0.05) is 19.9 Å². The molecule has 5 heteroatoms. The predicted molar refractivity (Wildman–Crippen MR) is 88.0 cm³/mol. The van der Waals surface area contributed by atoms with E-state index in [0.29, 0.717) is 28.6 Å². The van der Waals surface area contributed by atoms with Gasteiger partial charge in [0.1, 0.15) is 11.3 Å². The minimum absolute atomic E-state index is 0.368. The number of fused-ring (bicyclic) bond motifs is 1. The van der Waals surface area contributed by atoms with E-state index in [1.165, 1.54) is 0 Å². The number of hydrogen-bond donors (Lipinski definition) is 0. The number of rotatable bonds is 3. The maximum atomic E-state index is 12.6. The van der Waals surface area contributed by atoms with E-state index < -0.39 is 5.97 Å². The number of hydrogen-bond acceptors (Lipinski definition) is 4. The standard InChI is InChI=1S/C18H19N3O2/c1-11(2)14-8-12(3)9-15(10-14)23-18(22)16-13(4)20-21-7-5-6-19-17(16)21/h5-11H,1-4H3. The first kappa shape index (κ1) is 15.2. The number of carbonyl (C=O) groups excluding carboxylic acids is 1. The van der Waals surface area contributed by atoms with Gasteiger partial charge in [0.25, 0.3) is 0 Å². The molecule has 0 radical (unpaired) electrons. The third-order valence-electron chi connectivity index (χ3n) is 3.72. The van der Waals surface area contributed by atoms with Crippen LogP contribution in [0.2, 0.25) is 0 Å². The average Bonchev–Trinajstić information content (AvgIpc) is 2.82. The first-order valence-electron chi connectivity index (χ1n) is 7.59. The van der Waals surface area contributed by atoms with Crippen molar-refractivity contribution in [2.45, 2.75) is 33.6 Å². The van der Waals surface area contributed by atoms with Crippen LogP contribution in [0.5, 0.6) is 5.75 Å². The first-order chi connectivity index (χ1) is 11.0. The maximum absolute atomic E-state index is 12.6. The molecule has 0 N–H and O–H groups in total. The Bertz CT molecular complexity index is 881. The van der Waals surface area contributed by atoms with E-state index in [2.05, 4.69) is 30.0 Å². The van der Waals surface area contributed by atoms with Gasteiger partial charge in [-0.15, -0.1) is 0 Å². The zero-order valence-electron chi connectivity index (χ0n) is 13.7. The molecule has 0 aliphatic carbocycles. The zero-order valence-corrected chi connectivity index (χ0v) is 13.7. The van der Waals surface area contributed by atoms with Gasteiger partial charge in [-0.25, -0.2) is 14.3 Å². The monoisotopic (exact) mass is 309 g/mol. The molecule has 0 atom stereocenters. The predicted octanol–water partition coefficient (Wildman–Crippen LogP) is 3.69. The molecule has 0 saturated heterocycles. The summed E-state index contributed by atoms with van der Waals surface area (Å²) in [5.41, 5.74) is 3.71.